The van der Waals surface area contributed by atoms with Crippen LogP contribution in [0, 0.1) is 0 Å². The van der Waals surface area contributed by atoms with Crippen LogP contribution in [0.2, 0.25) is 0 Å². The van der Waals surface area contributed by atoms with Crippen LogP contribution in [-0.2, 0) is 17.9 Å². The molecule has 26 heavy (non-hydrogen) atoms. The van der Waals surface area contributed by atoms with Gasteiger partial charge in [-0.05, 0) is 11.6 Å². The Morgan fingerprint density at radius 2 is 1.85 bits per heavy atom. The van der Waals surface area contributed by atoms with E-state index in [2.05, 4.69) is 10.2 Å². The lowest BCUT2D eigenvalue weighted by Gasteiger charge is -2.34. The van der Waals surface area contributed by atoms with Gasteiger partial charge in [-0.1, -0.05) is 30.3 Å². The molecule has 0 atom stereocenters. The van der Waals surface area contributed by atoms with Crippen LogP contribution in [-0.4, -0.2) is 54.3 Å². The number of furan rings is 1. The van der Waals surface area contributed by atoms with Crippen molar-refractivity contribution in [3.8, 4) is 0 Å². The van der Waals surface area contributed by atoms with Crippen LogP contribution < -0.4 is 11.1 Å². The minimum absolute atomic E-state index is 0.00366. The van der Waals surface area contributed by atoms with E-state index in [1.807, 2.05) is 30.3 Å². The molecule has 138 valence electrons. The third kappa shape index (κ3) is 4.71. The van der Waals surface area contributed by atoms with Crippen LogP contribution >= 0.6 is 0 Å². The molecule has 7 heteroatoms. The summed E-state index contributed by atoms with van der Waals surface area (Å²) in [6.45, 7) is 3.68. The van der Waals surface area contributed by atoms with E-state index in [1.54, 1.807) is 11.0 Å². The van der Waals surface area contributed by atoms with Crippen molar-refractivity contribution in [1.82, 2.24) is 15.1 Å². The number of nitrogens with zero attached hydrogens (tertiary/aromatic N) is 2. The zero-order chi connectivity index (χ0) is 18.4. The molecule has 1 aliphatic heterocycles. The molecule has 3 rings (SSSR count). The van der Waals surface area contributed by atoms with Crippen molar-refractivity contribution >= 4 is 11.8 Å². The van der Waals surface area contributed by atoms with Gasteiger partial charge in [-0.2, -0.15) is 0 Å². The van der Waals surface area contributed by atoms with E-state index in [0.717, 1.165) is 5.56 Å². The van der Waals surface area contributed by atoms with Gasteiger partial charge in [-0.3, -0.25) is 14.5 Å². The predicted molar refractivity (Wildman–Crippen MR) is 97.2 cm³/mol. The molecule has 0 spiro atoms. The van der Waals surface area contributed by atoms with Gasteiger partial charge in [-0.25, -0.2) is 0 Å². The summed E-state index contributed by atoms with van der Waals surface area (Å²) in [5, 5.41) is 2.93. The molecule has 1 aromatic carbocycles. The van der Waals surface area contributed by atoms with Crippen molar-refractivity contribution in [1.29, 1.82) is 0 Å². The number of amides is 2. The van der Waals surface area contributed by atoms with Crippen molar-refractivity contribution in [2.45, 2.75) is 13.1 Å². The number of carbonyl (C=O) groups excluding carboxylic acids is 2. The zero-order valence-corrected chi connectivity index (χ0v) is 14.7. The van der Waals surface area contributed by atoms with Crippen molar-refractivity contribution in [3.05, 3.63) is 59.5 Å². The molecule has 3 N–H and O–H groups in total. The molecular weight excluding hydrogens is 332 g/mol. The van der Waals surface area contributed by atoms with Gasteiger partial charge >= 0.3 is 0 Å². The van der Waals surface area contributed by atoms with Crippen LogP contribution in [0.15, 0.2) is 47.1 Å². The average molecular weight is 356 g/mol. The summed E-state index contributed by atoms with van der Waals surface area (Å²) in [5.41, 5.74) is 7.11. The second-order valence-corrected chi connectivity index (χ2v) is 6.34. The van der Waals surface area contributed by atoms with E-state index >= 15 is 0 Å². The first-order valence-corrected chi connectivity index (χ1v) is 8.75. The molecule has 2 amide bonds. The fourth-order valence-electron chi connectivity index (χ4n) is 2.95. The van der Waals surface area contributed by atoms with Gasteiger partial charge in [0.15, 0.2) is 0 Å². The Bertz CT molecular complexity index is 736. The minimum atomic E-state index is -0.0540. The largest absolute Gasteiger partial charge is 0.467 e. The highest BCUT2D eigenvalue weighted by Gasteiger charge is 2.24. The van der Waals surface area contributed by atoms with Gasteiger partial charge in [0, 0.05) is 32.7 Å². The molecule has 2 aromatic rings. The highest BCUT2D eigenvalue weighted by atomic mass is 16.3. The molecule has 7 nitrogen and oxygen atoms in total. The average Bonchev–Trinajstić information content (AvgIpc) is 3.16. The number of piperazine rings is 1. The van der Waals surface area contributed by atoms with E-state index < -0.39 is 0 Å². The van der Waals surface area contributed by atoms with E-state index in [0.29, 0.717) is 50.6 Å². The summed E-state index contributed by atoms with van der Waals surface area (Å²) < 4.78 is 5.23. The van der Waals surface area contributed by atoms with Gasteiger partial charge < -0.3 is 20.4 Å². The topological polar surface area (TPSA) is 91.8 Å². The van der Waals surface area contributed by atoms with Gasteiger partial charge in [0.05, 0.1) is 18.7 Å². The maximum atomic E-state index is 12.4. The molecule has 1 aromatic heterocycles. The Hall–Kier alpha value is -2.64. The number of benzene rings is 1. The third-order valence-electron chi connectivity index (χ3n) is 4.46. The summed E-state index contributed by atoms with van der Waals surface area (Å²) in [6.07, 6.45) is 1.45. The normalized spacial score (nSPS) is 15.0. The Morgan fingerprint density at radius 3 is 2.50 bits per heavy atom. The van der Waals surface area contributed by atoms with Gasteiger partial charge in [0.25, 0.3) is 5.91 Å². The molecule has 1 fully saturated rings. The summed E-state index contributed by atoms with van der Waals surface area (Å²) >= 11 is 0. The summed E-state index contributed by atoms with van der Waals surface area (Å²) in [7, 11) is 0. The smallest absolute Gasteiger partial charge is 0.257 e. The predicted octanol–water partition coefficient (Wildman–Crippen LogP) is 0.813. The maximum Gasteiger partial charge on any atom is 0.257 e. The van der Waals surface area contributed by atoms with Gasteiger partial charge in [0.1, 0.15) is 12.0 Å². The van der Waals surface area contributed by atoms with Crippen LogP contribution in [0.3, 0.4) is 0 Å². The molecule has 0 radical (unpaired) electrons. The first-order valence-electron chi connectivity index (χ1n) is 8.75. The molecule has 0 aliphatic carbocycles. The number of nitrogens with one attached hydrogen (secondary N) is 1. The van der Waals surface area contributed by atoms with E-state index in [-0.39, 0.29) is 18.4 Å². The van der Waals surface area contributed by atoms with Crippen molar-refractivity contribution < 1.29 is 14.0 Å². The molecule has 0 bridgehead atoms. The number of rotatable bonds is 6. The molecule has 0 saturated carbocycles. The molecule has 1 aliphatic rings. The zero-order valence-electron chi connectivity index (χ0n) is 14.7. The number of carbonyl (C=O) groups is 2. The minimum Gasteiger partial charge on any atom is -0.467 e. The van der Waals surface area contributed by atoms with E-state index in [1.165, 1.54) is 6.26 Å². The SMILES string of the molecule is NCc1cc(C(=O)N2CCN(CC(=O)NCc3ccccc3)CC2)co1. The summed E-state index contributed by atoms with van der Waals surface area (Å²) in [6, 6.07) is 11.5. The standard InChI is InChI=1S/C19H24N4O3/c20-11-17-10-16(14-26-17)19(25)23-8-6-22(7-9-23)13-18(24)21-12-15-4-2-1-3-5-15/h1-5,10,14H,6-9,11-13,20H2,(H,21,24). The van der Waals surface area contributed by atoms with Crippen molar-refractivity contribution in [2.24, 2.45) is 5.73 Å². The molecule has 0 unspecified atom stereocenters. The van der Waals surface area contributed by atoms with Crippen molar-refractivity contribution in [3.63, 3.8) is 0 Å². The Kier molecular flexibility index (Phi) is 6.04. The van der Waals surface area contributed by atoms with Crippen molar-refractivity contribution in [2.75, 3.05) is 32.7 Å². The fourth-order valence-corrected chi connectivity index (χ4v) is 2.95. The highest BCUT2D eigenvalue weighted by molar-refractivity contribution is 5.94. The van der Waals surface area contributed by atoms with E-state index in [9.17, 15) is 9.59 Å². The number of hydrogen-bond acceptors (Lipinski definition) is 5. The lowest BCUT2D eigenvalue weighted by atomic mass is 10.2. The fraction of sp³-hybridized carbons (Fsp3) is 0.368. The molecule has 1 saturated heterocycles. The summed E-state index contributed by atoms with van der Waals surface area (Å²) in [4.78, 5) is 28.4. The van der Waals surface area contributed by atoms with Crippen LogP contribution in [0.25, 0.3) is 0 Å². The van der Waals surface area contributed by atoms with Crippen LogP contribution in [0.1, 0.15) is 21.7 Å². The first-order chi connectivity index (χ1) is 12.7. The third-order valence-corrected chi connectivity index (χ3v) is 4.46. The number of nitrogens with two attached hydrogens (primary N) is 1. The second kappa shape index (κ2) is 8.64. The Labute approximate surface area is 152 Å². The highest BCUT2D eigenvalue weighted by Crippen LogP contribution is 2.12. The monoisotopic (exact) mass is 356 g/mol. The van der Waals surface area contributed by atoms with Crippen LogP contribution in [0.4, 0.5) is 0 Å². The first kappa shape index (κ1) is 18.2. The second-order valence-electron chi connectivity index (χ2n) is 6.34. The Morgan fingerprint density at radius 1 is 1.12 bits per heavy atom. The quantitative estimate of drug-likeness (QED) is 0.799. The van der Waals surface area contributed by atoms with E-state index in [4.69, 9.17) is 10.2 Å². The lowest BCUT2D eigenvalue weighted by molar-refractivity contribution is -0.122. The molecular formula is C19H24N4O3. The lowest BCUT2D eigenvalue weighted by Crippen LogP contribution is -2.51. The Balaban J connectivity index is 1.41. The maximum absolute atomic E-state index is 12.4. The van der Waals surface area contributed by atoms with Gasteiger partial charge in [-0.15, -0.1) is 0 Å². The van der Waals surface area contributed by atoms with Gasteiger partial charge in [0.2, 0.25) is 5.91 Å². The number of hydrogen-bond donors (Lipinski definition) is 2. The van der Waals surface area contributed by atoms with Crippen LogP contribution in [0.5, 0.6) is 0 Å². The molecule has 2 heterocycles. The summed E-state index contributed by atoms with van der Waals surface area (Å²) in [5.74, 6) is 0.541.